The topological polar surface area (TPSA) is 43.8 Å². The standard InChI is InChI=1S/C19H23FN2O2/c1-2-14(13-23)21-9-11-22(12-10-21)19(24)17-7-8-18(20)16-6-4-3-5-15(16)17/h3-8,14,23H,2,9-13H2,1H3/t14-/m0/s1. The van der Waals surface area contributed by atoms with E-state index in [0.29, 0.717) is 29.4 Å². The zero-order chi connectivity index (χ0) is 17.1. The number of amides is 1. The number of aliphatic hydroxyl groups is 1. The Kier molecular flexibility index (Phi) is 5.11. The summed E-state index contributed by atoms with van der Waals surface area (Å²) >= 11 is 0. The monoisotopic (exact) mass is 330 g/mol. The van der Waals surface area contributed by atoms with E-state index in [1.807, 2.05) is 11.0 Å². The van der Waals surface area contributed by atoms with Gasteiger partial charge in [-0.05, 0) is 23.9 Å². The second-order valence-electron chi connectivity index (χ2n) is 6.21. The quantitative estimate of drug-likeness (QED) is 0.937. The van der Waals surface area contributed by atoms with E-state index in [2.05, 4.69) is 11.8 Å². The fourth-order valence-corrected chi connectivity index (χ4v) is 3.41. The average Bonchev–Trinajstić information content (AvgIpc) is 2.63. The van der Waals surface area contributed by atoms with E-state index in [9.17, 15) is 14.3 Å². The Morgan fingerprint density at radius 2 is 1.79 bits per heavy atom. The van der Waals surface area contributed by atoms with Crippen molar-refractivity contribution in [2.24, 2.45) is 0 Å². The van der Waals surface area contributed by atoms with E-state index in [0.717, 1.165) is 19.5 Å². The van der Waals surface area contributed by atoms with Gasteiger partial charge >= 0.3 is 0 Å². The highest BCUT2D eigenvalue weighted by Crippen LogP contribution is 2.23. The van der Waals surface area contributed by atoms with E-state index in [-0.39, 0.29) is 24.4 Å². The highest BCUT2D eigenvalue weighted by molar-refractivity contribution is 6.07. The molecule has 0 radical (unpaired) electrons. The van der Waals surface area contributed by atoms with Crippen LogP contribution in [0.25, 0.3) is 10.8 Å². The summed E-state index contributed by atoms with van der Waals surface area (Å²) in [6.07, 6.45) is 0.896. The summed E-state index contributed by atoms with van der Waals surface area (Å²) in [5, 5.41) is 10.6. The molecule has 1 atom stereocenters. The molecule has 1 aliphatic heterocycles. The number of fused-ring (bicyclic) bond motifs is 1. The van der Waals surface area contributed by atoms with E-state index >= 15 is 0 Å². The van der Waals surface area contributed by atoms with Crippen molar-refractivity contribution >= 4 is 16.7 Å². The molecule has 0 aliphatic carbocycles. The number of piperazine rings is 1. The van der Waals surface area contributed by atoms with Crippen LogP contribution in [0.15, 0.2) is 36.4 Å². The molecule has 2 aromatic carbocycles. The molecule has 0 aromatic heterocycles. The van der Waals surface area contributed by atoms with Crippen molar-refractivity contribution in [3.63, 3.8) is 0 Å². The van der Waals surface area contributed by atoms with Gasteiger partial charge in [0.15, 0.2) is 0 Å². The molecule has 1 aliphatic rings. The number of hydrogen-bond acceptors (Lipinski definition) is 3. The molecule has 1 amide bonds. The van der Waals surface area contributed by atoms with Crippen LogP contribution in [-0.2, 0) is 0 Å². The van der Waals surface area contributed by atoms with Gasteiger partial charge in [-0.3, -0.25) is 9.69 Å². The zero-order valence-corrected chi connectivity index (χ0v) is 13.9. The Bertz CT molecular complexity index is 722. The summed E-state index contributed by atoms with van der Waals surface area (Å²) in [4.78, 5) is 16.9. The first-order chi connectivity index (χ1) is 11.7. The normalized spacial score (nSPS) is 17.2. The summed E-state index contributed by atoms with van der Waals surface area (Å²) in [5.41, 5.74) is 0.551. The molecule has 0 bridgehead atoms. The lowest BCUT2D eigenvalue weighted by Gasteiger charge is -2.38. The van der Waals surface area contributed by atoms with Crippen LogP contribution in [0.4, 0.5) is 4.39 Å². The minimum Gasteiger partial charge on any atom is -0.395 e. The maximum Gasteiger partial charge on any atom is 0.254 e. The molecule has 1 N–H and O–H groups in total. The SMILES string of the molecule is CC[C@@H](CO)N1CCN(C(=O)c2ccc(F)c3ccccc23)CC1. The molecule has 2 aromatic rings. The third-order valence-electron chi connectivity index (χ3n) is 4.90. The number of benzene rings is 2. The molecular formula is C19H23FN2O2. The van der Waals surface area contributed by atoms with Crippen LogP contribution in [0.2, 0.25) is 0 Å². The van der Waals surface area contributed by atoms with E-state index < -0.39 is 0 Å². The Morgan fingerprint density at radius 3 is 2.42 bits per heavy atom. The van der Waals surface area contributed by atoms with Crippen molar-refractivity contribution in [3.8, 4) is 0 Å². The number of carbonyl (C=O) groups is 1. The van der Waals surface area contributed by atoms with Crippen molar-refractivity contribution in [3.05, 3.63) is 47.8 Å². The highest BCUT2D eigenvalue weighted by Gasteiger charge is 2.26. The molecule has 24 heavy (non-hydrogen) atoms. The van der Waals surface area contributed by atoms with Gasteiger partial charge in [0, 0.05) is 43.2 Å². The lowest BCUT2D eigenvalue weighted by atomic mass is 10.0. The first-order valence-electron chi connectivity index (χ1n) is 8.47. The number of rotatable bonds is 4. The molecule has 3 rings (SSSR count). The number of hydrogen-bond donors (Lipinski definition) is 1. The van der Waals surface area contributed by atoms with Gasteiger partial charge in [0.1, 0.15) is 5.82 Å². The van der Waals surface area contributed by atoms with Crippen LogP contribution >= 0.6 is 0 Å². The number of halogens is 1. The van der Waals surface area contributed by atoms with Crippen LogP contribution in [0.5, 0.6) is 0 Å². The molecule has 1 heterocycles. The molecule has 1 fully saturated rings. The number of carbonyl (C=O) groups excluding carboxylic acids is 1. The molecule has 5 heteroatoms. The maximum atomic E-state index is 13.9. The van der Waals surface area contributed by atoms with Gasteiger partial charge < -0.3 is 10.0 Å². The predicted molar refractivity (Wildman–Crippen MR) is 92.5 cm³/mol. The third kappa shape index (κ3) is 3.14. The summed E-state index contributed by atoms with van der Waals surface area (Å²) in [6.45, 7) is 4.96. The van der Waals surface area contributed by atoms with Crippen molar-refractivity contribution in [2.75, 3.05) is 32.8 Å². The van der Waals surface area contributed by atoms with Crippen LogP contribution in [-0.4, -0.2) is 59.6 Å². The molecule has 0 unspecified atom stereocenters. The molecule has 1 saturated heterocycles. The zero-order valence-electron chi connectivity index (χ0n) is 13.9. The van der Waals surface area contributed by atoms with Gasteiger partial charge in [-0.1, -0.05) is 31.2 Å². The summed E-state index contributed by atoms with van der Waals surface area (Å²) in [5.74, 6) is -0.358. The molecule has 0 spiro atoms. The van der Waals surface area contributed by atoms with Gasteiger partial charge in [0.2, 0.25) is 0 Å². The summed E-state index contributed by atoms with van der Waals surface area (Å²) in [6, 6.07) is 10.2. The van der Waals surface area contributed by atoms with Gasteiger partial charge in [0.05, 0.1) is 6.61 Å². The van der Waals surface area contributed by atoms with Crippen LogP contribution < -0.4 is 0 Å². The molecule has 4 nitrogen and oxygen atoms in total. The van der Waals surface area contributed by atoms with Crippen molar-refractivity contribution in [2.45, 2.75) is 19.4 Å². The van der Waals surface area contributed by atoms with Gasteiger partial charge in [0.25, 0.3) is 5.91 Å². The second kappa shape index (κ2) is 7.28. The molecule has 0 saturated carbocycles. The minimum absolute atomic E-state index is 0.0529. The second-order valence-corrected chi connectivity index (χ2v) is 6.21. The molecular weight excluding hydrogens is 307 g/mol. The van der Waals surface area contributed by atoms with Crippen molar-refractivity contribution in [1.82, 2.24) is 9.80 Å². The first kappa shape index (κ1) is 16.9. The van der Waals surface area contributed by atoms with Crippen LogP contribution in [0.1, 0.15) is 23.7 Å². The van der Waals surface area contributed by atoms with E-state index in [1.165, 1.54) is 6.07 Å². The van der Waals surface area contributed by atoms with Gasteiger partial charge in [-0.25, -0.2) is 4.39 Å². The number of aliphatic hydroxyl groups excluding tert-OH is 1. The lowest BCUT2D eigenvalue weighted by molar-refractivity contribution is 0.0474. The Morgan fingerprint density at radius 1 is 1.12 bits per heavy atom. The predicted octanol–water partition coefficient (Wildman–Crippen LogP) is 2.51. The molecule has 128 valence electrons. The Hall–Kier alpha value is -1.98. The average molecular weight is 330 g/mol. The van der Waals surface area contributed by atoms with Crippen molar-refractivity contribution < 1.29 is 14.3 Å². The Labute approximate surface area is 141 Å². The largest absolute Gasteiger partial charge is 0.395 e. The fraction of sp³-hybridized carbons (Fsp3) is 0.421. The summed E-state index contributed by atoms with van der Waals surface area (Å²) in [7, 11) is 0. The smallest absolute Gasteiger partial charge is 0.254 e. The highest BCUT2D eigenvalue weighted by atomic mass is 19.1. The van der Waals surface area contributed by atoms with Gasteiger partial charge in [-0.2, -0.15) is 0 Å². The van der Waals surface area contributed by atoms with Gasteiger partial charge in [-0.15, -0.1) is 0 Å². The van der Waals surface area contributed by atoms with Crippen molar-refractivity contribution in [1.29, 1.82) is 0 Å². The van der Waals surface area contributed by atoms with E-state index in [1.54, 1.807) is 24.3 Å². The van der Waals surface area contributed by atoms with Crippen LogP contribution in [0, 0.1) is 5.82 Å². The Balaban J connectivity index is 1.78. The lowest BCUT2D eigenvalue weighted by Crippen LogP contribution is -2.52. The third-order valence-corrected chi connectivity index (χ3v) is 4.90. The fourth-order valence-electron chi connectivity index (χ4n) is 3.41. The maximum absolute atomic E-state index is 13.9. The first-order valence-corrected chi connectivity index (χ1v) is 8.47. The van der Waals surface area contributed by atoms with Crippen LogP contribution in [0.3, 0.4) is 0 Å². The number of nitrogens with zero attached hydrogens (tertiary/aromatic N) is 2. The van der Waals surface area contributed by atoms with E-state index in [4.69, 9.17) is 0 Å². The summed E-state index contributed by atoms with van der Waals surface area (Å²) < 4.78 is 13.9. The minimum atomic E-state index is -0.305.